The first-order valence-electron chi connectivity index (χ1n) is 6.00. The number of aliphatic hydroxyl groups is 1. The van der Waals surface area contributed by atoms with Crippen molar-refractivity contribution >= 4 is 27.3 Å². The Labute approximate surface area is 127 Å². The lowest BCUT2D eigenvalue weighted by Gasteiger charge is -2.20. The molecule has 0 aliphatic carbocycles. The Kier molecular flexibility index (Phi) is 4.51. The van der Waals surface area contributed by atoms with E-state index in [4.69, 9.17) is 16.7 Å². The first-order chi connectivity index (χ1) is 9.86. The van der Waals surface area contributed by atoms with Crippen molar-refractivity contribution in [2.75, 3.05) is 11.4 Å². The lowest BCUT2D eigenvalue weighted by atomic mass is 10.2. The summed E-state index contributed by atoms with van der Waals surface area (Å²) in [6.45, 7) is -0.292. The predicted octanol–water partition coefficient (Wildman–Crippen LogP) is 2.80. The summed E-state index contributed by atoms with van der Waals surface area (Å²) in [6.07, 6.45) is 0. The van der Waals surface area contributed by atoms with E-state index in [1.54, 1.807) is 6.07 Å². The number of nitrogens with zero attached hydrogens (tertiary/aromatic N) is 1. The normalized spacial score (nSPS) is 11.4. The minimum Gasteiger partial charge on any atom is -0.392 e. The van der Waals surface area contributed by atoms with E-state index in [0.717, 1.165) is 4.31 Å². The molecule has 2 aromatic carbocycles. The van der Waals surface area contributed by atoms with Crippen LogP contribution in [0.5, 0.6) is 0 Å². The van der Waals surface area contributed by atoms with Crippen LogP contribution in [0.1, 0.15) is 5.56 Å². The Balaban J connectivity index is 2.48. The van der Waals surface area contributed by atoms with Crippen LogP contribution in [-0.4, -0.2) is 20.6 Å². The number of sulfonamides is 1. The number of hydrogen-bond acceptors (Lipinski definition) is 3. The number of benzene rings is 2. The van der Waals surface area contributed by atoms with Crippen LogP contribution in [0.3, 0.4) is 0 Å². The summed E-state index contributed by atoms with van der Waals surface area (Å²) in [4.78, 5) is -0.109. The Bertz CT molecular complexity index is 747. The van der Waals surface area contributed by atoms with Crippen molar-refractivity contribution in [3.05, 3.63) is 58.9 Å². The fraction of sp³-hybridized carbons (Fsp3) is 0.143. The molecule has 0 aromatic heterocycles. The van der Waals surface area contributed by atoms with E-state index in [-0.39, 0.29) is 16.5 Å². The molecule has 0 aliphatic rings. The number of aliphatic hydroxyl groups excluding tert-OH is 1. The molecule has 0 aliphatic heterocycles. The van der Waals surface area contributed by atoms with E-state index >= 15 is 0 Å². The van der Waals surface area contributed by atoms with Crippen molar-refractivity contribution in [2.45, 2.75) is 11.5 Å². The number of anilines is 1. The van der Waals surface area contributed by atoms with Gasteiger partial charge < -0.3 is 5.11 Å². The molecule has 2 rings (SSSR count). The topological polar surface area (TPSA) is 57.6 Å². The Morgan fingerprint density at radius 1 is 1.19 bits per heavy atom. The Hall–Kier alpha value is -1.63. The molecule has 0 fully saturated rings. The Morgan fingerprint density at radius 2 is 1.81 bits per heavy atom. The van der Waals surface area contributed by atoms with Crippen molar-refractivity contribution in [1.82, 2.24) is 0 Å². The maximum absolute atomic E-state index is 12.9. The van der Waals surface area contributed by atoms with Gasteiger partial charge in [-0.2, -0.15) is 0 Å². The lowest BCUT2D eigenvalue weighted by molar-refractivity contribution is 0.281. The highest BCUT2D eigenvalue weighted by atomic mass is 35.5. The van der Waals surface area contributed by atoms with Gasteiger partial charge in [0.05, 0.1) is 17.3 Å². The minimum atomic E-state index is -3.90. The van der Waals surface area contributed by atoms with E-state index in [0.29, 0.717) is 11.3 Å². The molecule has 0 saturated heterocycles. The maximum atomic E-state index is 12.9. The summed E-state index contributed by atoms with van der Waals surface area (Å²) in [7, 11) is -2.55. The molecular formula is C14H13ClFNO3S. The highest BCUT2D eigenvalue weighted by Gasteiger charge is 2.24. The zero-order valence-corrected chi connectivity index (χ0v) is 12.7. The van der Waals surface area contributed by atoms with Crippen LogP contribution in [0.15, 0.2) is 47.4 Å². The minimum absolute atomic E-state index is 0.0566. The quantitative estimate of drug-likeness (QED) is 0.938. The van der Waals surface area contributed by atoms with Gasteiger partial charge in [0.15, 0.2) is 0 Å². The first kappa shape index (κ1) is 15.8. The average Bonchev–Trinajstić information content (AvgIpc) is 2.47. The standard InChI is InChI=1S/C14H13ClFNO3S/c1-17(12-5-3-11(16)4-6-12)21(19,20)14-8-10(9-18)2-7-13(14)15/h2-8,18H,9H2,1H3. The summed E-state index contributed by atoms with van der Waals surface area (Å²) in [5, 5.41) is 9.17. The van der Waals surface area contributed by atoms with Crippen LogP contribution in [-0.2, 0) is 16.6 Å². The number of rotatable bonds is 4. The van der Waals surface area contributed by atoms with Gasteiger partial charge in [-0.3, -0.25) is 4.31 Å². The highest BCUT2D eigenvalue weighted by molar-refractivity contribution is 7.93. The van der Waals surface area contributed by atoms with Crippen molar-refractivity contribution in [3.63, 3.8) is 0 Å². The van der Waals surface area contributed by atoms with Gasteiger partial charge in [0.2, 0.25) is 0 Å². The maximum Gasteiger partial charge on any atom is 0.265 e. The summed E-state index contributed by atoms with van der Waals surface area (Å²) < 4.78 is 39.1. The van der Waals surface area contributed by atoms with Crippen LogP contribution in [0.2, 0.25) is 5.02 Å². The summed E-state index contributed by atoms with van der Waals surface area (Å²) in [5.74, 6) is -0.454. The molecule has 0 bridgehead atoms. The molecule has 112 valence electrons. The second-order valence-corrected chi connectivity index (χ2v) is 6.72. The third kappa shape index (κ3) is 3.18. The van der Waals surface area contributed by atoms with Crippen molar-refractivity contribution in [1.29, 1.82) is 0 Å². The van der Waals surface area contributed by atoms with Gasteiger partial charge in [0, 0.05) is 7.05 Å². The summed E-state index contributed by atoms with van der Waals surface area (Å²) in [6, 6.07) is 9.34. The monoisotopic (exact) mass is 329 g/mol. The zero-order valence-electron chi connectivity index (χ0n) is 11.1. The molecule has 2 aromatic rings. The van der Waals surface area contributed by atoms with E-state index < -0.39 is 15.8 Å². The Morgan fingerprint density at radius 3 is 2.38 bits per heavy atom. The summed E-state index contributed by atoms with van der Waals surface area (Å²) >= 11 is 5.95. The van der Waals surface area contributed by atoms with Gasteiger partial charge in [0.25, 0.3) is 10.0 Å². The molecule has 0 radical (unpaired) electrons. The van der Waals surface area contributed by atoms with Gasteiger partial charge in [-0.15, -0.1) is 0 Å². The molecule has 1 N–H and O–H groups in total. The highest BCUT2D eigenvalue weighted by Crippen LogP contribution is 2.28. The van der Waals surface area contributed by atoms with Gasteiger partial charge in [-0.25, -0.2) is 12.8 Å². The fourth-order valence-corrected chi connectivity index (χ4v) is 3.50. The van der Waals surface area contributed by atoms with Gasteiger partial charge in [-0.1, -0.05) is 17.7 Å². The molecule has 0 heterocycles. The van der Waals surface area contributed by atoms with Crippen LogP contribution in [0.4, 0.5) is 10.1 Å². The van der Waals surface area contributed by atoms with E-state index in [2.05, 4.69) is 0 Å². The molecule has 0 amide bonds. The van der Waals surface area contributed by atoms with Crippen LogP contribution in [0, 0.1) is 5.82 Å². The van der Waals surface area contributed by atoms with Gasteiger partial charge in [-0.05, 0) is 42.0 Å². The molecular weight excluding hydrogens is 317 g/mol. The fourth-order valence-electron chi connectivity index (χ4n) is 1.78. The smallest absolute Gasteiger partial charge is 0.265 e. The van der Waals surface area contributed by atoms with Crippen molar-refractivity contribution in [2.24, 2.45) is 0 Å². The molecule has 0 spiro atoms. The summed E-state index contributed by atoms with van der Waals surface area (Å²) in [5.41, 5.74) is 0.743. The van der Waals surface area contributed by atoms with E-state index in [1.807, 2.05) is 0 Å². The average molecular weight is 330 g/mol. The van der Waals surface area contributed by atoms with Gasteiger partial charge in [0.1, 0.15) is 10.7 Å². The van der Waals surface area contributed by atoms with Gasteiger partial charge >= 0.3 is 0 Å². The van der Waals surface area contributed by atoms with Crippen molar-refractivity contribution in [3.8, 4) is 0 Å². The second-order valence-electron chi connectivity index (χ2n) is 4.37. The zero-order chi connectivity index (χ0) is 15.6. The predicted molar refractivity (Wildman–Crippen MR) is 79.4 cm³/mol. The third-order valence-corrected chi connectivity index (χ3v) is 5.27. The van der Waals surface area contributed by atoms with Crippen LogP contribution >= 0.6 is 11.6 Å². The molecule has 21 heavy (non-hydrogen) atoms. The van der Waals surface area contributed by atoms with Crippen LogP contribution < -0.4 is 4.31 Å². The molecule has 4 nitrogen and oxygen atoms in total. The number of halogens is 2. The number of hydrogen-bond donors (Lipinski definition) is 1. The van der Waals surface area contributed by atoms with Crippen LogP contribution in [0.25, 0.3) is 0 Å². The third-order valence-electron chi connectivity index (χ3n) is 3.01. The first-order valence-corrected chi connectivity index (χ1v) is 7.82. The largest absolute Gasteiger partial charge is 0.392 e. The molecule has 0 unspecified atom stereocenters. The van der Waals surface area contributed by atoms with E-state index in [9.17, 15) is 12.8 Å². The molecule has 0 atom stereocenters. The van der Waals surface area contributed by atoms with E-state index in [1.165, 1.54) is 43.4 Å². The van der Waals surface area contributed by atoms with Crippen molar-refractivity contribution < 1.29 is 17.9 Å². The molecule has 7 heteroatoms. The second kappa shape index (κ2) is 6.01. The lowest BCUT2D eigenvalue weighted by Crippen LogP contribution is -2.27. The SMILES string of the molecule is CN(c1ccc(F)cc1)S(=O)(=O)c1cc(CO)ccc1Cl. The molecule has 0 saturated carbocycles.